The fourth-order valence-electron chi connectivity index (χ4n) is 9.45. The summed E-state index contributed by atoms with van der Waals surface area (Å²) in [6.07, 6.45) is 0.545. The molecule has 0 amide bonds. The van der Waals surface area contributed by atoms with Gasteiger partial charge in [0.1, 0.15) is 53.9 Å². The van der Waals surface area contributed by atoms with Crippen LogP contribution in [-0.2, 0) is 36.8 Å². The highest BCUT2D eigenvalue weighted by Gasteiger charge is 2.33. The standard InChI is InChI=1S/C52H56Cl2FN7O10S/c1-30-42-31(2)46(54)47(45(30)53)71-38(22-61-14-12-60(3)13-15-61)28-69-36-8-9-40(70-24-35-10-11-56-52(59-35)62-16-17-67-37(23-62)25-66-27-39-26-65-18-19-68-39)33(20-36)21-41(51(63)64)72-49-44-43(42)48(73-50(44)58-29-57-49)32-4-6-34(55)7-5-32/h4-11,20,29,37-39,41H,12-19,21-28H2,1-3H3,(H,63,64)/t37-,38-,39?,41-/m1/s1. The number of piperazine rings is 1. The van der Waals surface area contributed by atoms with Crippen LogP contribution in [0.5, 0.6) is 23.1 Å². The Balaban J connectivity index is 0.985. The van der Waals surface area contributed by atoms with E-state index in [1.807, 2.05) is 13.8 Å². The number of fused-ring (bicyclic) bond motifs is 7. The number of rotatable bonds is 12. The van der Waals surface area contributed by atoms with E-state index in [-0.39, 0.29) is 37.7 Å². The lowest BCUT2D eigenvalue weighted by Crippen LogP contribution is -2.49. The largest absolute Gasteiger partial charge is 0.490 e. The predicted molar refractivity (Wildman–Crippen MR) is 273 cm³/mol. The van der Waals surface area contributed by atoms with Crippen LogP contribution in [0.2, 0.25) is 10.0 Å². The quantitative estimate of drug-likeness (QED) is 0.127. The molecule has 73 heavy (non-hydrogen) atoms. The van der Waals surface area contributed by atoms with Gasteiger partial charge in [0.05, 0.1) is 66.9 Å². The Kier molecular flexibility index (Phi) is 16.0. The zero-order chi connectivity index (χ0) is 50.6. The van der Waals surface area contributed by atoms with Crippen LogP contribution in [0.3, 0.4) is 0 Å². The van der Waals surface area contributed by atoms with E-state index >= 15 is 0 Å². The minimum atomic E-state index is -1.48. The molecule has 3 aromatic heterocycles. The summed E-state index contributed by atoms with van der Waals surface area (Å²) < 4.78 is 64.0. The van der Waals surface area contributed by atoms with Crippen molar-refractivity contribution in [3.05, 3.63) is 99.3 Å². The van der Waals surface area contributed by atoms with E-state index in [1.165, 1.54) is 29.8 Å². The molecule has 0 saturated carbocycles. The van der Waals surface area contributed by atoms with Gasteiger partial charge in [-0.05, 0) is 79.5 Å². The van der Waals surface area contributed by atoms with Gasteiger partial charge in [0.25, 0.3) is 0 Å². The van der Waals surface area contributed by atoms with Gasteiger partial charge in [-0.1, -0.05) is 35.3 Å². The highest BCUT2D eigenvalue weighted by Crippen LogP contribution is 2.53. The number of nitrogens with zero attached hydrogens (tertiary/aromatic N) is 7. The van der Waals surface area contributed by atoms with Crippen molar-refractivity contribution >= 4 is 56.7 Å². The van der Waals surface area contributed by atoms with Gasteiger partial charge >= 0.3 is 5.97 Å². The average molecular weight is 1060 g/mol. The Hall–Kier alpha value is -5.48. The first-order chi connectivity index (χ1) is 35.4. The van der Waals surface area contributed by atoms with E-state index in [0.29, 0.717) is 147 Å². The molecule has 21 heteroatoms. The predicted octanol–water partition coefficient (Wildman–Crippen LogP) is 7.56. The van der Waals surface area contributed by atoms with Crippen molar-refractivity contribution in [2.75, 3.05) is 104 Å². The van der Waals surface area contributed by atoms with Gasteiger partial charge in [0, 0.05) is 74.4 Å². The summed E-state index contributed by atoms with van der Waals surface area (Å²) in [4.78, 5) is 39.9. The number of aliphatic carboxylic acids is 1. The van der Waals surface area contributed by atoms with Crippen LogP contribution in [-0.4, -0.2) is 164 Å². The molecule has 3 fully saturated rings. The van der Waals surface area contributed by atoms with Crippen LogP contribution in [0.4, 0.5) is 10.3 Å². The monoisotopic (exact) mass is 1060 g/mol. The Morgan fingerprint density at radius 1 is 0.877 bits per heavy atom. The number of hydrogen-bond acceptors (Lipinski definition) is 17. The maximum atomic E-state index is 14.4. The van der Waals surface area contributed by atoms with Gasteiger partial charge in [-0.15, -0.1) is 11.3 Å². The molecule has 5 aliphatic rings. The molecule has 1 N–H and O–H groups in total. The van der Waals surface area contributed by atoms with Crippen LogP contribution in [0.1, 0.15) is 22.4 Å². The molecule has 8 heterocycles. The van der Waals surface area contributed by atoms with Crippen molar-refractivity contribution < 1.29 is 52.2 Å². The molecule has 5 aliphatic heterocycles. The van der Waals surface area contributed by atoms with Gasteiger partial charge in [0.15, 0.2) is 5.75 Å². The summed E-state index contributed by atoms with van der Waals surface area (Å²) in [5, 5.41) is 12.0. The first-order valence-corrected chi connectivity index (χ1v) is 25.9. The van der Waals surface area contributed by atoms with Crippen molar-refractivity contribution in [2.45, 2.75) is 51.3 Å². The first kappa shape index (κ1) is 51.0. The number of ether oxygens (including phenoxy) is 8. The van der Waals surface area contributed by atoms with Crippen molar-refractivity contribution in [3.8, 4) is 44.7 Å². The molecule has 17 nitrogen and oxygen atoms in total. The number of carboxylic acid groups (broad SMARTS) is 1. The number of hydrogen-bond donors (Lipinski definition) is 1. The molecule has 3 aromatic carbocycles. The van der Waals surface area contributed by atoms with E-state index in [4.69, 9.17) is 66.1 Å². The third-order valence-corrected chi connectivity index (χ3v) is 15.4. The van der Waals surface area contributed by atoms with Crippen LogP contribution in [0.15, 0.2) is 61.1 Å². The molecule has 6 aromatic rings. The molecule has 4 atom stereocenters. The normalized spacial score (nSPS) is 21.0. The van der Waals surface area contributed by atoms with Crippen LogP contribution in [0, 0.1) is 19.7 Å². The van der Waals surface area contributed by atoms with E-state index in [0.717, 1.165) is 26.2 Å². The number of morpholine rings is 1. The van der Waals surface area contributed by atoms with Gasteiger partial charge in [-0.3, -0.25) is 4.90 Å². The van der Waals surface area contributed by atoms with E-state index in [9.17, 15) is 14.3 Å². The van der Waals surface area contributed by atoms with Gasteiger partial charge < -0.3 is 52.8 Å². The molecule has 3 saturated heterocycles. The first-order valence-electron chi connectivity index (χ1n) is 24.3. The van der Waals surface area contributed by atoms with Gasteiger partial charge in [-0.2, -0.15) is 0 Å². The van der Waals surface area contributed by atoms with E-state index in [2.05, 4.69) is 36.7 Å². The Morgan fingerprint density at radius 3 is 2.42 bits per heavy atom. The van der Waals surface area contributed by atoms with E-state index < -0.39 is 24.0 Å². The maximum Gasteiger partial charge on any atom is 0.345 e. The van der Waals surface area contributed by atoms with Crippen LogP contribution in [0.25, 0.3) is 31.8 Å². The zero-order valence-electron chi connectivity index (χ0n) is 40.7. The molecule has 0 radical (unpaired) electrons. The molecule has 386 valence electrons. The molecule has 0 aliphatic carbocycles. The van der Waals surface area contributed by atoms with Crippen LogP contribution >= 0.6 is 34.5 Å². The van der Waals surface area contributed by atoms with Gasteiger partial charge in [-0.25, -0.2) is 29.1 Å². The molecular weight excluding hydrogens is 1000 g/mol. The highest BCUT2D eigenvalue weighted by atomic mass is 35.5. The second-order valence-electron chi connectivity index (χ2n) is 18.5. The number of carbonyl (C=O) groups is 1. The van der Waals surface area contributed by atoms with Crippen molar-refractivity contribution in [1.29, 1.82) is 0 Å². The lowest BCUT2D eigenvalue weighted by atomic mass is 9.92. The second kappa shape index (κ2) is 23.0. The molecule has 1 unspecified atom stereocenters. The lowest BCUT2D eigenvalue weighted by molar-refractivity contribution is -0.145. The minimum absolute atomic E-state index is 0.0214. The van der Waals surface area contributed by atoms with Crippen molar-refractivity contribution in [1.82, 2.24) is 29.7 Å². The topological polar surface area (TPSA) is 172 Å². The molecule has 0 spiro atoms. The third-order valence-electron chi connectivity index (χ3n) is 13.4. The molecular formula is C52H56Cl2FN7O10S. The number of benzene rings is 3. The third kappa shape index (κ3) is 11.7. The second-order valence-corrected chi connectivity index (χ2v) is 20.3. The number of carboxylic acids is 1. The lowest BCUT2D eigenvalue weighted by Gasteiger charge is -2.35. The number of thiophene rings is 1. The number of aromatic nitrogens is 4. The molecule has 4 bridgehead atoms. The average Bonchev–Trinajstić information content (AvgIpc) is 3.79. The number of anilines is 1. The molecule has 11 rings (SSSR count). The number of halogens is 3. The van der Waals surface area contributed by atoms with Crippen LogP contribution < -0.4 is 23.8 Å². The summed E-state index contributed by atoms with van der Waals surface area (Å²) in [6, 6.07) is 13.2. The Labute approximate surface area is 436 Å². The maximum absolute atomic E-state index is 14.4. The Bertz CT molecular complexity index is 2900. The number of likely N-dealkylation sites (N-methyl/N-ethyl adjacent to an activating group) is 1. The van der Waals surface area contributed by atoms with Crippen molar-refractivity contribution in [3.63, 3.8) is 0 Å². The Morgan fingerprint density at radius 2 is 1.66 bits per heavy atom. The minimum Gasteiger partial charge on any atom is -0.490 e. The SMILES string of the molecule is Cc1c(Cl)c2c(Cl)c(C)c1-c1c(-c3ccc(F)cc3)sc3ncnc(c13)O[C@@H](C(=O)O)Cc1cc(ccc1OCc1ccnc(N3CCO[C@@H](COCC4COCCO4)C3)n1)OC[C@@H](CN1CCN(C)CC1)O2. The summed E-state index contributed by atoms with van der Waals surface area (Å²) in [5.74, 6) is 0.0556. The fraction of sp³-hybridized carbons (Fsp3) is 0.442. The summed E-state index contributed by atoms with van der Waals surface area (Å²) in [5.41, 5.74) is 4.34. The van der Waals surface area contributed by atoms with Gasteiger partial charge in [0.2, 0.25) is 17.9 Å². The summed E-state index contributed by atoms with van der Waals surface area (Å²) >= 11 is 16.0. The van der Waals surface area contributed by atoms with Crippen molar-refractivity contribution in [2.24, 2.45) is 0 Å². The summed E-state index contributed by atoms with van der Waals surface area (Å²) in [6.45, 7) is 11.9. The summed E-state index contributed by atoms with van der Waals surface area (Å²) in [7, 11) is 2.10. The zero-order valence-corrected chi connectivity index (χ0v) is 43.0. The smallest absolute Gasteiger partial charge is 0.345 e. The van der Waals surface area contributed by atoms with E-state index in [1.54, 1.807) is 42.6 Å². The fourth-order valence-corrected chi connectivity index (χ4v) is 11.1. The highest BCUT2D eigenvalue weighted by molar-refractivity contribution is 7.22.